The number of hydrogen-bond donors (Lipinski definition) is 2. The largest absolute Gasteiger partial charge is 0.497 e. The van der Waals surface area contributed by atoms with Crippen LogP contribution in [-0.4, -0.2) is 36.1 Å². The van der Waals surface area contributed by atoms with Gasteiger partial charge in [-0.25, -0.2) is 14.4 Å². The van der Waals surface area contributed by atoms with Crippen LogP contribution in [0, 0.1) is 5.82 Å². The number of aromatic nitrogens is 2. The molecule has 0 aliphatic heterocycles. The lowest BCUT2D eigenvalue weighted by molar-refractivity contribution is 0.0950. The maximum absolute atomic E-state index is 12.9. The molecule has 0 aliphatic rings. The highest BCUT2D eigenvalue weighted by molar-refractivity contribution is 5.93. The number of nitrogens with zero attached hydrogens (tertiary/aromatic N) is 2. The molecule has 29 heavy (non-hydrogen) atoms. The highest BCUT2D eigenvalue weighted by atomic mass is 19.1. The average molecular weight is 396 g/mol. The van der Waals surface area contributed by atoms with Crippen LogP contribution in [0.2, 0.25) is 0 Å². The molecule has 3 rings (SSSR count). The van der Waals surface area contributed by atoms with E-state index in [4.69, 9.17) is 9.47 Å². The molecule has 1 heterocycles. The van der Waals surface area contributed by atoms with Crippen molar-refractivity contribution in [2.24, 2.45) is 0 Å². The summed E-state index contributed by atoms with van der Waals surface area (Å²) < 4.78 is 23.6. The quantitative estimate of drug-likeness (QED) is 0.541. The fraction of sp³-hybridized carbons (Fsp3) is 0.190. The van der Waals surface area contributed by atoms with Gasteiger partial charge in [0.25, 0.3) is 5.91 Å². The van der Waals surface area contributed by atoms with E-state index in [-0.39, 0.29) is 11.7 Å². The molecule has 0 atom stereocenters. The van der Waals surface area contributed by atoms with Gasteiger partial charge in [-0.2, -0.15) is 0 Å². The van der Waals surface area contributed by atoms with Crippen LogP contribution < -0.4 is 20.1 Å². The van der Waals surface area contributed by atoms with Gasteiger partial charge in [0.15, 0.2) is 0 Å². The summed E-state index contributed by atoms with van der Waals surface area (Å²) in [6, 6.07) is 13.2. The molecular formula is C21H21FN4O3. The number of methoxy groups -OCH3 is 1. The van der Waals surface area contributed by atoms with Crippen molar-refractivity contribution in [2.75, 3.05) is 25.6 Å². The lowest BCUT2D eigenvalue weighted by atomic mass is 10.2. The Morgan fingerprint density at radius 3 is 2.31 bits per heavy atom. The average Bonchev–Trinajstić information content (AvgIpc) is 2.77. The molecule has 0 aliphatic carbocycles. The van der Waals surface area contributed by atoms with Gasteiger partial charge in [0.05, 0.1) is 19.2 Å². The normalized spacial score (nSPS) is 10.3. The highest BCUT2D eigenvalue weighted by Gasteiger charge is 2.07. The Labute approximate surface area is 167 Å². The molecule has 1 amide bonds. The first kappa shape index (κ1) is 20.1. The number of halogens is 1. The van der Waals surface area contributed by atoms with Crippen molar-refractivity contribution >= 4 is 11.9 Å². The number of carbonyl (C=O) groups is 1. The first-order valence-electron chi connectivity index (χ1n) is 8.99. The van der Waals surface area contributed by atoms with Gasteiger partial charge in [-0.05, 0) is 42.0 Å². The Bertz CT molecular complexity index is 916. The van der Waals surface area contributed by atoms with Crippen LogP contribution in [0.3, 0.4) is 0 Å². The smallest absolute Gasteiger partial charge is 0.254 e. The lowest BCUT2D eigenvalue weighted by Gasteiger charge is -2.09. The molecule has 2 N–H and O–H groups in total. The number of hydrogen-bond acceptors (Lipinski definition) is 6. The number of amides is 1. The van der Waals surface area contributed by atoms with Crippen molar-refractivity contribution in [3.05, 3.63) is 77.9 Å². The molecule has 7 nitrogen and oxygen atoms in total. The number of nitrogens with one attached hydrogen (secondary N) is 2. The molecule has 0 fully saturated rings. The zero-order valence-corrected chi connectivity index (χ0v) is 15.9. The van der Waals surface area contributed by atoms with Crippen LogP contribution in [0.25, 0.3) is 0 Å². The maximum Gasteiger partial charge on any atom is 0.254 e. The fourth-order valence-electron chi connectivity index (χ4n) is 2.43. The van der Waals surface area contributed by atoms with Crippen LogP contribution in [0.15, 0.2) is 60.9 Å². The Morgan fingerprint density at radius 2 is 1.66 bits per heavy atom. The summed E-state index contributed by atoms with van der Waals surface area (Å²) in [7, 11) is 1.61. The first-order chi connectivity index (χ1) is 14.1. The molecule has 0 saturated heterocycles. The molecule has 2 aromatic carbocycles. The SMILES string of the molecule is COc1ccc(OCCNc2ncc(C(=O)NCc3ccc(F)cc3)cn2)cc1. The van der Waals surface area contributed by atoms with E-state index in [1.807, 2.05) is 24.3 Å². The number of ether oxygens (including phenoxy) is 2. The molecule has 8 heteroatoms. The molecular weight excluding hydrogens is 375 g/mol. The van der Waals surface area contributed by atoms with Crippen molar-refractivity contribution in [1.29, 1.82) is 0 Å². The summed E-state index contributed by atoms with van der Waals surface area (Å²) in [6.07, 6.45) is 2.89. The van der Waals surface area contributed by atoms with E-state index in [0.29, 0.717) is 31.2 Å². The predicted octanol–water partition coefficient (Wildman–Crippen LogP) is 3.05. The Balaban J connectivity index is 1.40. The minimum atomic E-state index is -0.314. The number of benzene rings is 2. The van der Waals surface area contributed by atoms with E-state index in [1.54, 1.807) is 19.2 Å². The third-order valence-electron chi connectivity index (χ3n) is 3.99. The van der Waals surface area contributed by atoms with Crippen LogP contribution >= 0.6 is 0 Å². The summed E-state index contributed by atoms with van der Waals surface area (Å²) >= 11 is 0. The van der Waals surface area contributed by atoms with Crippen molar-refractivity contribution < 1.29 is 18.7 Å². The van der Waals surface area contributed by atoms with Crippen LogP contribution in [-0.2, 0) is 6.54 Å². The van der Waals surface area contributed by atoms with E-state index in [2.05, 4.69) is 20.6 Å². The lowest BCUT2D eigenvalue weighted by Crippen LogP contribution is -2.23. The molecule has 0 bridgehead atoms. The molecule has 0 spiro atoms. The van der Waals surface area contributed by atoms with Crippen molar-refractivity contribution in [1.82, 2.24) is 15.3 Å². The van der Waals surface area contributed by atoms with Gasteiger partial charge in [-0.1, -0.05) is 12.1 Å². The van der Waals surface area contributed by atoms with Gasteiger partial charge < -0.3 is 20.1 Å². The second kappa shape index (κ2) is 10.0. The fourth-order valence-corrected chi connectivity index (χ4v) is 2.43. The van der Waals surface area contributed by atoms with E-state index in [0.717, 1.165) is 17.1 Å². The Morgan fingerprint density at radius 1 is 1.00 bits per heavy atom. The number of carbonyl (C=O) groups excluding carboxylic acids is 1. The topological polar surface area (TPSA) is 85.4 Å². The van der Waals surface area contributed by atoms with E-state index in [9.17, 15) is 9.18 Å². The number of anilines is 1. The maximum atomic E-state index is 12.9. The molecule has 3 aromatic rings. The van der Waals surface area contributed by atoms with Crippen LogP contribution in [0.5, 0.6) is 11.5 Å². The highest BCUT2D eigenvalue weighted by Crippen LogP contribution is 2.16. The van der Waals surface area contributed by atoms with Crippen LogP contribution in [0.4, 0.5) is 10.3 Å². The summed E-state index contributed by atoms with van der Waals surface area (Å²) in [5, 5.41) is 5.77. The third kappa shape index (κ3) is 6.17. The molecule has 0 saturated carbocycles. The summed E-state index contributed by atoms with van der Waals surface area (Å²) in [6.45, 7) is 1.22. The van der Waals surface area contributed by atoms with Crippen molar-refractivity contribution in [2.45, 2.75) is 6.54 Å². The summed E-state index contributed by atoms with van der Waals surface area (Å²) in [4.78, 5) is 20.4. The van der Waals surface area contributed by atoms with Gasteiger partial charge in [-0.3, -0.25) is 4.79 Å². The Hall–Kier alpha value is -3.68. The monoisotopic (exact) mass is 396 g/mol. The number of rotatable bonds is 9. The first-order valence-corrected chi connectivity index (χ1v) is 8.99. The summed E-state index contributed by atoms with van der Waals surface area (Å²) in [5.41, 5.74) is 1.14. The molecule has 0 unspecified atom stereocenters. The van der Waals surface area contributed by atoms with Crippen LogP contribution in [0.1, 0.15) is 15.9 Å². The predicted molar refractivity (Wildman–Crippen MR) is 107 cm³/mol. The minimum Gasteiger partial charge on any atom is -0.497 e. The standard InChI is InChI=1S/C21H21FN4O3/c1-28-18-6-8-19(9-7-18)29-11-10-23-21-25-13-16(14-26-21)20(27)24-12-15-2-4-17(22)5-3-15/h2-9,13-14H,10-12H2,1H3,(H,24,27)(H,23,25,26). The minimum absolute atomic E-state index is 0.293. The second-order valence-corrected chi connectivity index (χ2v) is 6.06. The van der Waals surface area contributed by atoms with Gasteiger partial charge in [0.1, 0.15) is 23.9 Å². The zero-order chi connectivity index (χ0) is 20.5. The van der Waals surface area contributed by atoms with E-state index < -0.39 is 0 Å². The third-order valence-corrected chi connectivity index (χ3v) is 3.99. The molecule has 150 valence electrons. The van der Waals surface area contributed by atoms with Gasteiger partial charge in [0.2, 0.25) is 5.95 Å². The second-order valence-electron chi connectivity index (χ2n) is 6.06. The van der Waals surface area contributed by atoms with Crippen molar-refractivity contribution in [3.63, 3.8) is 0 Å². The van der Waals surface area contributed by atoms with Gasteiger partial charge in [0, 0.05) is 18.9 Å². The van der Waals surface area contributed by atoms with Gasteiger partial charge in [-0.15, -0.1) is 0 Å². The van der Waals surface area contributed by atoms with E-state index >= 15 is 0 Å². The molecule has 1 aromatic heterocycles. The van der Waals surface area contributed by atoms with Crippen molar-refractivity contribution in [3.8, 4) is 11.5 Å². The molecule has 0 radical (unpaired) electrons. The zero-order valence-electron chi connectivity index (χ0n) is 15.9. The summed E-state index contributed by atoms with van der Waals surface area (Å²) in [5.74, 6) is 1.29. The van der Waals surface area contributed by atoms with E-state index in [1.165, 1.54) is 24.5 Å². The Kier molecular flexibility index (Phi) is 6.94. The van der Waals surface area contributed by atoms with Gasteiger partial charge >= 0.3 is 0 Å².